The van der Waals surface area contributed by atoms with Crippen LogP contribution in [0.4, 0.5) is 4.39 Å². The number of hydrogen-bond donors (Lipinski definition) is 4. The molecule has 0 aliphatic carbocycles. The van der Waals surface area contributed by atoms with E-state index in [-0.39, 0.29) is 30.7 Å². The second-order valence-corrected chi connectivity index (χ2v) is 23.7. The number of aliphatic hydroxyl groups excluding tert-OH is 2. The van der Waals surface area contributed by atoms with Gasteiger partial charge in [-0.05, 0) is 112 Å². The van der Waals surface area contributed by atoms with Gasteiger partial charge in [0.05, 0.1) is 65.6 Å². The van der Waals surface area contributed by atoms with Crippen LogP contribution in [-0.4, -0.2) is 170 Å². The molecule has 19 atom stereocenters. The molecule has 0 radical (unpaired) electrons. The second-order valence-electron chi connectivity index (χ2n) is 22.6. The number of nitrogens with zero attached hydrogens (tertiary/aromatic N) is 5. The molecule has 3 fully saturated rings. The van der Waals surface area contributed by atoms with Gasteiger partial charge >= 0.3 is 5.97 Å². The van der Waals surface area contributed by atoms with Crippen molar-refractivity contribution in [2.45, 2.75) is 177 Å². The van der Waals surface area contributed by atoms with Gasteiger partial charge in [-0.15, -0.1) is 5.10 Å². The number of carbonyl (C=O) groups excluding carboxylic acids is 1. The zero-order valence-corrected chi connectivity index (χ0v) is 49.7. The van der Waals surface area contributed by atoms with Crippen LogP contribution in [0.3, 0.4) is 0 Å². The zero-order valence-electron chi connectivity index (χ0n) is 47.5. The monoisotopic (exact) mass is 1190 g/mol. The highest BCUT2D eigenvalue weighted by Crippen LogP contribution is 2.46. The number of aromatic nitrogens is 4. The zero-order chi connectivity index (χ0) is 56.9. The van der Waals surface area contributed by atoms with Crippen LogP contribution < -0.4 is 0 Å². The average Bonchev–Trinajstić information content (AvgIpc) is 3.90. The van der Waals surface area contributed by atoms with Gasteiger partial charge in [-0.2, -0.15) is 0 Å². The van der Waals surface area contributed by atoms with E-state index in [2.05, 4.69) is 26.8 Å². The topological polar surface area (TPSA) is 222 Å². The standard InChI is InChI=1S/C57H86FIN6O12/c1-31-25-56(9,73-15)51(34(4)46(45-26-55(8,72-14)50(67)37(7)75-45)35(5)52(68)77-54(59)57(10,69)49(66)36(6)47(31)60)76-53-33(3)43(24-32(2)74-53)64(11)23-22-41-29-65(63-62-41)44(27-58)48(71-13)39-18-16-38(17-19-39)40-20-21-42(30-70-12)61-28-40/h16-21,28-29,31-32,34-37,43-46,48-51,53-54,60,66-67,69H,3,22-27,30H2,1-2,4-15H3/t31-,32-,34+,35-,36+,37+,43+,44-,45-,46?,48-,49-,50+,51-,53+,54+,55-,56-,57+/m1/s1. The van der Waals surface area contributed by atoms with Crippen LogP contribution in [-0.2, 0) is 55.7 Å². The van der Waals surface area contributed by atoms with Gasteiger partial charge in [0.1, 0.15) is 30.5 Å². The summed E-state index contributed by atoms with van der Waals surface area (Å²) in [4.78, 5) is 21.2. The molecule has 3 aliphatic rings. The maximum Gasteiger partial charge on any atom is 0.310 e. The van der Waals surface area contributed by atoms with Gasteiger partial charge in [-0.25, -0.2) is 9.07 Å². The highest BCUT2D eigenvalue weighted by Gasteiger charge is 2.55. The molecule has 20 heteroatoms. The molecule has 3 saturated heterocycles. The third-order valence-corrected chi connectivity index (χ3v) is 18.6. The fraction of sp³-hybridized carbons (Fsp3) is 0.702. The number of benzene rings is 1. The predicted molar refractivity (Wildman–Crippen MR) is 297 cm³/mol. The molecule has 2 aromatic heterocycles. The number of nitrogens with one attached hydrogen (secondary N) is 1. The minimum Gasteiger partial charge on any atom is -0.448 e. The van der Waals surface area contributed by atoms with Crippen molar-refractivity contribution in [3.63, 3.8) is 0 Å². The number of likely N-dealkylation sites (N-methyl/N-ethyl adjacent to an activating group) is 1. The lowest BCUT2D eigenvalue weighted by atomic mass is 9.68. The van der Waals surface area contributed by atoms with Gasteiger partial charge in [0, 0.05) is 89.4 Å². The van der Waals surface area contributed by atoms with E-state index in [0.29, 0.717) is 37.3 Å². The Hall–Kier alpha value is -3.39. The molecule has 0 bridgehead atoms. The molecular weight excluding hydrogens is 1110 g/mol. The largest absolute Gasteiger partial charge is 0.448 e. The first-order valence-corrected chi connectivity index (χ1v) is 28.0. The number of methoxy groups -OCH3 is 4. The predicted octanol–water partition coefficient (Wildman–Crippen LogP) is 7.65. The summed E-state index contributed by atoms with van der Waals surface area (Å²) < 4.78 is 65.6. The summed E-state index contributed by atoms with van der Waals surface area (Å²) in [5.74, 6) is -4.09. The fourth-order valence-electron chi connectivity index (χ4n) is 12.0. The highest BCUT2D eigenvalue weighted by molar-refractivity contribution is 14.1. The Labute approximate surface area is 468 Å². The normalized spacial score (nSPS) is 36.8. The average molecular weight is 1190 g/mol. The SMILES string of the molecule is C=C1[C@H](O[C@@H]2[C@@H](C)C([C@H]3C[C@@](C)(OC)[C@@H](O)[C@H](C)O3)[C@@H](C)C(=O)O[C@H](I)[C@@](C)(O)[C@H](O)[C@@H](C)C(=N)[C@H](C)C[C@@]2(C)OC)O[C@H](C)C[C@@H]1N(C)CCc1cn([C@H](CF)[C@H](OC)c2ccc(-c3ccc(COC)nc3)cc2)nn1. The van der Waals surface area contributed by atoms with Gasteiger partial charge in [-0.3, -0.25) is 14.7 Å². The maximum absolute atomic E-state index is 15.0. The van der Waals surface area contributed by atoms with Crippen molar-refractivity contribution in [3.8, 4) is 11.1 Å². The van der Waals surface area contributed by atoms with Crippen molar-refractivity contribution in [1.29, 1.82) is 5.41 Å². The Morgan fingerprint density at radius 1 is 0.935 bits per heavy atom. The quantitative estimate of drug-likeness (QED) is 0.0441. The second kappa shape index (κ2) is 26.5. The van der Waals surface area contributed by atoms with E-state index in [1.54, 1.807) is 61.6 Å². The molecule has 1 aromatic carbocycles. The van der Waals surface area contributed by atoms with Crippen molar-refractivity contribution < 1.29 is 62.4 Å². The first-order chi connectivity index (χ1) is 36.3. The van der Waals surface area contributed by atoms with Crippen LogP contribution in [0.15, 0.2) is 60.9 Å². The molecular formula is C57H86FIN6O12. The smallest absolute Gasteiger partial charge is 0.310 e. The van der Waals surface area contributed by atoms with Gasteiger partial charge in [0.15, 0.2) is 10.4 Å². The summed E-state index contributed by atoms with van der Waals surface area (Å²) >= 11 is 1.83. The number of aliphatic hydroxyl groups is 3. The number of cyclic esters (lactones) is 1. The summed E-state index contributed by atoms with van der Waals surface area (Å²) in [6.07, 6.45) is -1.43. The Kier molecular flexibility index (Phi) is 21.6. The number of rotatable bonds is 17. The van der Waals surface area contributed by atoms with Gasteiger partial charge in [-0.1, -0.05) is 69.8 Å². The molecule has 0 spiro atoms. The fourth-order valence-corrected chi connectivity index (χ4v) is 12.6. The van der Waals surface area contributed by atoms with E-state index >= 15 is 4.39 Å². The molecule has 77 heavy (non-hydrogen) atoms. The van der Waals surface area contributed by atoms with E-state index in [4.69, 9.17) is 37.9 Å². The lowest BCUT2D eigenvalue weighted by Crippen LogP contribution is -2.61. The Morgan fingerprint density at radius 2 is 1.60 bits per heavy atom. The lowest BCUT2D eigenvalue weighted by molar-refractivity contribution is -0.264. The van der Waals surface area contributed by atoms with Gasteiger partial charge in [0.2, 0.25) is 0 Å². The minimum absolute atomic E-state index is 0.177. The van der Waals surface area contributed by atoms with E-state index < -0.39 is 112 Å². The summed E-state index contributed by atoms with van der Waals surface area (Å²) in [6, 6.07) is 10.7. The number of halogens is 2. The molecule has 3 aromatic rings. The van der Waals surface area contributed by atoms with Crippen LogP contribution in [0.1, 0.15) is 111 Å². The molecule has 1 unspecified atom stereocenters. The van der Waals surface area contributed by atoms with Crippen molar-refractivity contribution in [2.75, 3.05) is 48.7 Å². The molecule has 0 saturated carbocycles. The van der Waals surface area contributed by atoms with Crippen molar-refractivity contribution in [3.05, 3.63) is 77.9 Å². The Balaban J connectivity index is 1.25. The maximum atomic E-state index is 15.0. The van der Waals surface area contributed by atoms with Crippen molar-refractivity contribution >= 4 is 34.3 Å². The third kappa shape index (κ3) is 13.9. The summed E-state index contributed by atoms with van der Waals surface area (Å²) in [6.45, 7) is 21.0. The molecule has 5 heterocycles. The van der Waals surface area contributed by atoms with E-state index in [1.807, 2.05) is 101 Å². The molecule has 0 amide bonds. The first kappa shape index (κ1) is 62.8. The summed E-state index contributed by atoms with van der Waals surface area (Å²) in [5, 5.41) is 52.9. The van der Waals surface area contributed by atoms with Gasteiger partial charge in [0.25, 0.3) is 0 Å². The number of ether oxygens (including phenoxy) is 8. The van der Waals surface area contributed by atoms with E-state index in [9.17, 15) is 25.5 Å². The number of alkyl halides is 2. The first-order valence-electron chi connectivity index (χ1n) is 26.8. The van der Waals surface area contributed by atoms with E-state index in [0.717, 1.165) is 22.4 Å². The molecule has 18 nitrogen and oxygen atoms in total. The van der Waals surface area contributed by atoms with Crippen LogP contribution in [0.2, 0.25) is 0 Å². The van der Waals surface area contributed by atoms with Crippen molar-refractivity contribution in [2.24, 2.45) is 29.6 Å². The van der Waals surface area contributed by atoms with Crippen LogP contribution in [0, 0.1) is 35.0 Å². The molecule has 3 aliphatic heterocycles. The molecule has 430 valence electrons. The summed E-state index contributed by atoms with van der Waals surface area (Å²) in [5.41, 5.74) is 0.903. The van der Waals surface area contributed by atoms with Crippen LogP contribution >= 0.6 is 22.6 Å². The van der Waals surface area contributed by atoms with Crippen molar-refractivity contribution in [1.82, 2.24) is 24.9 Å². The van der Waals surface area contributed by atoms with Crippen LogP contribution in [0.5, 0.6) is 0 Å². The lowest BCUT2D eigenvalue weighted by Gasteiger charge is -2.52. The Morgan fingerprint density at radius 3 is 2.19 bits per heavy atom. The van der Waals surface area contributed by atoms with E-state index in [1.165, 1.54) is 11.6 Å². The summed E-state index contributed by atoms with van der Waals surface area (Å²) in [7, 11) is 8.33. The number of pyridine rings is 1. The van der Waals surface area contributed by atoms with Gasteiger partial charge < -0.3 is 58.6 Å². The number of esters is 1. The molecule has 6 rings (SSSR count). The molecule has 4 N–H and O–H groups in total. The van der Waals surface area contributed by atoms with Crippen LogP contribution in [0.25, 0.3) is 11.1 Å². The number of carbonyl (C=O) groups is 1. The Bertz CT molecular complexity index is 2420. The highest BCUT2D eigenvalue weighted by atomic mass is 127. The minimum atomic E-state index is -1.92. The third-order valence-electron chi connectivity index (χ3n) is 17.1. The number of hydrogen-bond acceptors (Lipinski definition) is 17.